The zero-order chi connectivity index (χ0) is 27.8. The van der Waals surface area contributed by atoms with Gasteiger partial charge in [0, 0.05) is 23.6 Å². The van der Waals surface area contributed by atoms with Crippen LogP contribution in [0.3, 0.4) is 0 Å². The van der Waals surface area contributed by atoms with Gasteiger partial charge in [0.05, 0.1) is 6.04 Å². The van der Waals surface area contributed by atoms with E-state index in [-0.39, 0.29) is 18.2 Å². The Hall–Kier alpha value is -3.05. The van der Waals surface area contributed by atoms with Crippen LogP contribution in [0, 0.1) is 5.92 Å². The summed E-state index contributed by atoms with van der Waals surface area (Å²) in [6.07, 6.45) is 5.82. The third-order valence-corrected chi connectivity index (χ3v) is 7.48. The van der Waals surface area contributed by atoms with Crippen LogP contribution < -0.4 is 16.4 Å². The van der Waals surface area contributed by atoms with Crippen LogP contribution in [0.2, 0.25) is 0 Å². The number of nitrogens with two attached hydrogens (primary N) is 1. The summed E-state index contributed by atoms with van der Waals surface area (Å²) in [4.78, 5) is 55.9. The minimum absolute atomic E-state index is 0.0714. The molecule has 1 aliphatic rings. The van der Waals surface area contributed by atoms with Crippen molar-refractivity contribution in [3.05, 3.63) is 36.0 Å². The molecule has 4 atom stereocenters. The maximum atomic E-state index is 13.3. The number of nitrogens with zero attached hydrogens (tertiary/aromatic N) is 1. The number of thioether (sulfide) groups is 1. The molecule has 2 aromatic rings. The number of rotatable bonds is 13. The molecule has 1 saturated heterocycles. The average molecular weight is 546 g/mol. The summed E-state index contributed by atoms with van der Waals surface area (Å²) in [5.41, 5.74) is 8.22. The minimum Gasteiger partial charge on any atom is -0.480 e. The molecule has 208 valence electrons. The van der Waals surface area contributed by atoms with Crippen molar-refractivity contribution in [1.29, 1.82) is 0 Å². The van der Waals surface area contributed by atoms with Gasteiger partial charge in [0.1, 0.15) is 18.1 Å². The lowest BCUT2D eigenvalue weighted by Crippen LogP contribution is -2.57. The molecule has 4 unspecified atom stereocenters. The molecule has 0 bridgehead atoms. The highest BCUT2D eigenvalue weighted by Crippen LogP contribution is 2.22. The predicted molar refractivity (Wildman–Crippen MR) is 149 cm³/mol. The Balaban J connectivity index is 1.66. The number of carboxylic acids is 1. The fourth-order valence-electron chi connectivity index (χ4n) is 4.88. The summed E-state index contributed by atoms with van der Waals surface area (Å²) in [6, 6.07) is 4.31. The van der Waals surface area contributed by atoms with E-state index in [2.05, 4.69) is 15.6 Å². The second-order valence-corrected chi connectivity index (χ2v) is 11.2. The number of amides is 3. The zero-order valence-corrected chi connectivity index (χ0v) is 23.1. The first-order chi connectivity index (χ1) is 18.1. The predicted octanol–water partition coefficient (Wildman–Crippen LogP) is 1.88. The highest BCUT2D eigenvalue weighted by molar-refractivity contribution is 7.98. The second kappa shape index (κ2) is 13.7. The Kier molecular flexibility index (Phi) is 10.6. The Bertz CT molecular complexity index is 1140. The molecule has 3 rings (SSSR count). The Morgan fingerprint density at radius 1 is 1.18 bits per heavy atom. The number of benzene rings is 1. The maximum Gasteiger partial charge on any atom is 0.326 e. The number of carbonyl (C=O) groups is 4. The van der Waals surface area contributed by atoms with Crippen LogP contribution in [0.4, 0.5) is 0 Å². The van der Waals surface area contributed by atoms with E-state index in [4.69, 9.17) is 5.73 Å². The maximum absolute atomic E-state index is 13.3. The van der Waals surface area contributed by atoms with Gasteiger partial charge in [0.25, 0.3) is 0 Å². The van der Waals surface area contributed by atoms with E-state index in [1.54, 1.807) is 0 Å². The normalized spacial score (nSPS) is 17.8. The number of likely N-dealkylation sites (tertiary alicyclic amines) is 1. The molecular weight excluding hydrogens is 506 g/mol. The van der Waals surface area contributed by atoms with Gasteiger partial charge >= 0.3 is 5.97 Å². The smallest absolute Gasteiger partial charge is 0.326 e. The van der Waals surface area contributed by atoms with Gasteiger partial charge in [-0.1, -0.05) is 32.0 Å². The molecule has 6 N–H and O–H groups in total. The Labute approximate surface area is 227 Å². The Morgan fingerprint density at radius 3 is 2.61 bits per heavy atom. The molecule has 2 heterocycles. The van der Waals surface area contributed by atoms with Gasteiger partial charge in [-0.25, -0.2) is 4.79 Å². The van der Waals surface area contributed by atoms with Crippen molar-refractivity contribution in [3.63, 3.8) is 0 Å². The number of para-hydroxylation sites is 1. The van der Waals surface area contributed by atoms with E-state index < -0.39 is 42.0 Å². The van der Waals surface area contributed by atoms with E-state index in [1.807, 2.05) is 50.6 Å². The molecule has 38 heavy (non-hydrogen) atoms. The van der Waals surface area contributed by atoms with Gasteiger partial charge in [-0.05, 0) is 61.7 Å². The highest BCUT2D eigenvalue weighted by Gasteiger charge is 2.38. The number of H-pyrrole nitrogens is 1. The first-order valence-corrected chi connectivity index (χ1v) is 14.4. The zero-order valence-electron chi connectivity index (χ0n) is 22.2. The van der Waals surface area contributed by atoms with Crippen LogP contribution in [-0.4, -0.2) is 81.4 Å². The molecule has 0 spiro atoms. The molecule has 3 amide bonds. The standard InChI is InChI=1S/C27H39N5O5S/c1-16(2)13-22(27(36)37)31-24(33)21(10-12-38-3)30-25(34)23-9-6-11-32(23)26(35)19(28)14-17-15-29-20-8-5-4-7-18(17)20/h4-5,7-8,15-16,19,21-23,29H,6,9-14,28H2,1-3H3,(H,30,34)(H,31,33)(H,36,37). The van der Waals surface area contributed by atoms with Crippen molar-refractivity contribution in [1.82, 2.24) is 20.5 Å². The van der Waals surface area contributed by atoms with Crippen molar-refractivity contribution >= 4 is 46.4 Å². The number of hydrogen-bond donors (Lipinski definition) is 5. The van der Waals surface area contributed by atoms with Gasteiger partial charge in [-0.3, -0.25) is 14.4 Å². The molecule has 1 aliphatic heterocycles. The molecule has 1 aromatic carbocycles. The summed E-state index contributed by atoms with van der Waals surface area (Å²) in [6.45, 7) is 4.17. The highest BCUT2D eigenvalue weighted by atomic mass is 32.2. The molecule has 11 heteroatoms. The third kappa shape index (κ3) is 7.50. The van der Waals surface area contributed by atoms with E-state index >= 15 is 0 Å². The molecule has 1 fully saturated rings. The first-order valence-electron chi connectivity index (χ1n) is 13.1. The van der Waals surface area contributed by atoms with Crippen LogP contribution >= 0.6 is 11.8 Å². The SMILES string of the molecule is CSCCC(NC(=O)C1CCCN1C(=O)C(N)Cc1c[nH]c2ccccc12)C(=O)NC(CC(C)C)C(=O)O. The number of aliphatic carboxylic acids is 1. The van der Waals surface area contributed by atoms with Gasteiger partial charge in [0.15, 0.2) is 0 Å². The molecule has 1 aromatic heterocycles. The molecular formula is C27H39N5O5S. The van der Waals surface area contributed by atoms with E-state index in [0.717, 1.165) is 16.5 Å². The van der Waals surface area contributed by atoms with Crippen molar-refractivity contribution in [2.75, 3.05) is 18.6 Å². The summed E-state index contributed by atoms with van der Waals surface area (Å²) >= 11 is 1.52. The third-order valence-electron chi connectivity index (χ3n) is 6.84. The minimum atomic E-state index is -1.11. The fraction of sp³-hybridized carbons (Fsp3) is 0.556. The van der Waals surface area contributed by atoms with Gasteiger partial charge in [-0.2, -0.15) is 11.8 Å². The van der Waals surface area contributed by atoms with Crippen molar-refractivity contribution in [2.45, 2.75) is 70.1 Å². The number of carboxylic acid groups (broad SMARTS) is 1. The molecule has 0 aliphatic carbocycles. The summed E-state index contributed by atoms with van der Waals surface area (Å²) < 4.78 is 0. The Morgan fingerprint density at radius 2 is 1.92 bits per heavy atom. The quantitative estimate of drug-likeness (QED) is 0.257. The lowest BCUT2D eigenvalue weighted by molar-refractivity contribution is -0.143. The van der Waals surface area contributed by atoms with E-state index in [0.29, 0.717) is 38.0 Å². The molecule has 10 nitrogen and oxygen atoms in total. The van der Waals surface area contributed by atoms with Crippen molar-refractivity contribution < 1.29 is 24.3 Å². The first kappa shape index (κ1) is 29.5. The van der Waals surface area contributed by atoms with Gasteiger partial charge in [0.2, 0.25) is 17.7 Å². The van der Waals surface area contributed by atoms with Crippen LogP contribution in [-0.2, 0) is 25.6 Å². The van der Waals surface area contributed by atoms with E-state index in [1.165, 1.54) is 16.7 Å². The van der Waals surface area contributed by atoms with Crippen LogP contribution in [0.15, 0.2) is 30.5 Å². The van der Waals surface area contributed by atoms with Crippen LogP contribution in [0.1, 0.15) is 45.1 Å². The lowest BCUT2D eigenvalue weighted by Gasteiger charge is -2.28. The largest absolute Gasteiger partial charge is 0.480 e. The average Bonchev–Trinajstić information content (AvgIpc) is 3.53. The number of nitrogens with one attached hydrogen (secondary N) is 3. The molecule has 0 radical (unpaired) electrons. The number of hydrogen-bond acceptors (Lipinski definition) is 6. The number of carbonyl (C=O) groups excluding carboxylic acids is 3. The summed E-state index contributed by atoms with van der Waals surface area (Å²) in [7, 11) is 0. The fourth-order valence-corrected chi connectivity index (χ4v) is 5.35. The number of fused-ring (bicyclic) bond motifs is 1. The molecule has 0 saturated carbocycles. The van der Waals surface area contributed by atoms with Crippen molar-refractivity contribution in [3.8, 4) is 0 Å². The van der Waals surface area contributed by atoms with Gasteiger partial charge < -0.3 is 31.4 Å². The van der Waals surface area contributed by atoms with Gasteiger partial charge in [-0.15, -0.1) is 0 Å². The van der Waals surface area contributed by atoms with Crippen LogP contribution in [0.25, 0.3) is 10.9 Å². The number of aromatic amines is 1. The van der Waals surface area contributed by atoms with Crippen molar-refractivity contribution in [2.24, 2.45) is 11.7 Å². The second-order valence-electron chi connectivity index (χ2n) is 10.2. The topological polar surface area (TPSA) is 158 Å². The summed E-state index contributed by atoms with van der Waals surface area (Å²) in [5.74, 6) is -1.70. The lowest BCUT2D eigenvalue weighted by atomic mass is 10.0. The monoisotopic (exact) mass is 545 g/mol. The number of aromatic nitrogens is 1. The summed E-state index contributed by atoms with van der Waals surface area (Å²) in [5, 5.41) is 15.9. The van der Waals surface area contributed by atoms with Crippen LogP contribution in [0.5, 0.6) is 0 Å². The van der Waals surface area contributed by atoms with E-state index in [9.17, 15) is 24.3 Å².